The Hall–Kier alpha value is -1.59. The van der Waals surface area contributed by atoms with Crippen molar-refractivity contribution in [3.8, 4) is 0 Å². The monoisotopic (exact) mass is 319 g/mol. The van der Waals surface area contributed by atoms with Gasteiger partial charge in [-0.1, -0.05) is 12.1 Å². The summed E-state index contributed by atoms with van der Waals surface area (Å²) in [5.74, 6) is -3.70. The number of hydrogen-bond acceptors (Lipinski definition) is 1. The van der Waals surface area contributed by atoms with Crippen LogP contribution in [0.15, 0.2) is 36.4 Å². The molecule has 0 spiro atoms. The summed E-state index contributed by atoms with van der Waals surface area (Å²) < 4.78 is 51.7. The van der Waals surface area contributed by atoms with Crippen LogP contribution in [0.2, 0.25) is 0 Å². The highest BCUT2D eigenvalue weighted by Gasteiger charge is 2.10. The van der Waals surface area contributed by atoms with Gasteiger partial charge in [-0.2, -0.15) is 0 Å². The van der Waals surface area contributed by atoms with Crippen LogP contribution in [0, 0.1) is 23.3 Å². The summed E-state index contributed by atoms with van der Waals surface area (Å²) in [6.45, 7) is 0. The van der Waals surface area contributed by atoms with Gasteiger partial charge in [0.05, 0.1) is 0 Å². The molecule has 6 heteroatoms. The van der Waals surface area contributed by atoms with Crippen molar-refractivity contribution in [2.45, 2.75) is 18.9 Å². The predicted octanol–water partition coefficient (Wildman–Crippen LogP) is 4.30. The maximum Gasteiger partial charge on any atom is 0.159 e. The Balaban J connectivity index is 0.00000220. The molecule has 0 bridgehead atoms. The lowest BCUT2D eigenvalue weighted by atomic mass is 9.99. The Labute approximate surface area is 126 Å². The lowest BCUT2D eigenvalue weighted by Crippen LogP contribution is -2.12. The molecule has 2 rings (SSSR count). The minimum Gasteiger partial charge on any atom is -0.324 e. The van der Waals surface area contributed by atoms with Crippen LogP contribution in [0.1, 0.15) is 23.6 Å². The topological polar surface area (TPSA) is 26.0 Å². The normalized spacial score (nSPS) is 11.9. The molecule has 2 N–H and O–H groups in total. The number of rotatable bonds is 4. The molecule has 0 aromatic heterocycles. The Morgan fingerprint density at radius 2 is 1.38 bits per heavy atom. The molecular weight excluding hydrogens is 306 g/mol. The molecule has 0 saturated carbocycles. The highest BCUT2D eigenvalue weighted by atomic mass is 35.5. The molecule has 0 radical (unpaired) electrons. The molecule has 2 aromatic rings. The molecule has 0 heterocycles. The van der Waals surface area contributed by atoms with Gasteiger partial charge in [0.1, 0.15) is 0 Å². The van der Waals surface area contributed by atoms with Gasteiger partial charge in [-0.05, 0) is 48.2 Å². The van der Waals surface area contributed by atoms with E-state index in [0.29, 0.717) is 24.0 Å². The minimum atomic E-state index is -0.953. The lowest BCUT2D eigenvalue weighted by Gasteiger charge is -2.12. The molecule has 1 unspecified atom stereocenters. The Bertz CT molecular complexity index is 619. The largest absolute Gasteiger partial charge is 0.324 e. The van der Waals surface area contributed by atoms with E-state index < -0.39 is 29.3 Å². The van der Waals surface area contributed by atoms with Crippen LogP contribution >= 0.6 is 12.4 Å². The first-order valence-corrected chi connectivity index (χ1v) is 6.12. The van der Waals surface area contributed by atoms with Gasteiger partial charge in [0.15, 0.2) is 23.3 Å². The third-order valence-corrected chi connectivity index (χ3v) is 3.10. The van der Waals surface area contributed by atoms with Crippen molar-refractivity contribution in [1.29, 1.82) is 0 Å². The predicted molar refractivity (Wildman–Crippen MR) is 75.2 cm³/mol. The zero-order valence-electron chi connectivity index (χ0n) is 11.0. The van der Waals surface area contributed by atoms with Gasteiger partial charge < -0.3 is 5.73 Å². The van der Waals surface area contributed by atoms with Crippen LogP contribution in [-0.4, -0.2) is 0 Å². The SMILES string of the molecule is Cl.NC(CCc1ccc(F)c(F)c1)c1ccc(F)c(F)c1. The number of benzene rings is 2. The van der Waals surface area contributed by atoms with Crippen molar-refractivity contribution in [2.75, 3.05) is 0 Å². The second kappa shape index (κ2) is 7.43. The van der Waals surface area contributed by atoms with Crippen molar-refractivity contribution < 1.29 is 17.6 Å². The quantitative estimate of drug-likeness (QED) is 0.836. The maximum atomic E-state index is 13.1. The van der Waals surface area contributed by atoms with Gasteiger partial charge in [-0.15, -0.1) is 12.4 Å². The van der Waals surface area contributed by atoms with Gasteiger partial charge in [0, 0.05) is 6.04 Å². The number of aryl methyl sites for hydroxylation is 1. The van der Waals surface area contributed by atoms with Crippen LogP contribution in [0.4, 0.5) is 17.6 Å². The smallest absolute Gasteiger partial charge is 0.159 e. The molecule has 0 saturated heterocycles. The average molecular weight is 320 g/mol. The fraction of sp³-hybridized carbons (Fsp3) is 0.200. The summed E-state index contributed by atoms with van der Waals surface area (Å²) in [6.07, 6.45) is 0.827. The number of halogens is 5. The highest BCUT2D eigenvalue weighted by Crippen LogP contribution is 2.20. The molecule has 114 valence electrons. The highest BCUT2D eigenvalue weighted by molar-refractivity contribution is 5.85. The van der Waals surface area contributed by atoms with Crippen molar-refractivity contribution in [2.24, 2.45) is 5.73 Å². The van der Waals surface area contributed by atoms with E-state index in [2.05, 4.69) is 0 Å². The van der Waals surface area contributed by atoms with E-state index >= 15 is 0 Å². The first kappa shape index (κ1) is 17.5. The van der Waals surface area contributed by atoms with E-state index in [4.69, 9.17) is 5.73 Å². The van der Waals surface area contributed by atoms with Crippen LogP contribution in [0.25, 0.3) is 0 Å². The molecule has 2 aromatic carbocycles. The van der Waals surface area contributed by atoms with Gasteiger partial charge >= 0.3 is 0 Å². The van der Waals surface area contributed by atoms with Crippen LogP contribution < -0.4 is 5.73 Å². The van der Waals surface area contributed by atoms with Crippen LogP contribution in [-0.2, 0) is 6.42 Å². The molecule has 21 heavy (non-hydrogen) atoms. The fourth-order valence-corrected chi connectivity index (χ4v) is 1.93. The molecule has 0 amide bonds. The van der Waals surface area contributed by atoms with Crippen molar-refractivity contribution in [3.05, 3.63) is 70.8 Å². The van der Waals surface area contributed by atoms with E-state index in [-0.39, 0.29) is 12.4 Å². The third kappa shape index (κ3) is 4.44. The maximum absolute atomic E-state index is 13.1. The second-order valence-electron chi connectivity index (χ2n) is 4.57. The average Bonchev–Trinajstić information content (AvgIpc) is 2.43. The molecule has 0 fully saturated rings. The molecule has 0 aliphatic heterocycles. The molecule has 1 atom stereocenters. The number of hydrogen-bond donors (Lipinski definition) is 1. The zero-order chi connectivity index (χ0) is 14.7. The van der Waals surface area contributed by atoms with Gasteiger partial charge in [0.2, 0.25) is 0 Å². The zero-order valence-corrected chi connectivity index (χ0v) is 11.8. The second-order valence-corrected chi connectivity index (χ2v) is 4.57. The Morgan fingerprint density at radius 3 is 1.95 bits per heavy atom. The Kier molecular flexibility index (Phi) is 6.18. The van der Waals surface area contributed by atoms with E-state index in [1.165, 1.54) is 12.1 Å². The summed E-state index contributed by atoms with van der Waals surface area (Å²) in [5.41, 5.74) is 6.94. The summed E-state index contributed by atoms with van der Waals surface area (Å²) >= 11 is 0. The van der Waals surface area contributed by atoms with E-state index in [1.54, 1.807) is 0 Å². The summed E-state index contributed by atoms with van der Waals surface area (Å²) in [7, 11) is 0. The lowest BCUT2D eigenvalue weighted by molar-refractivity contribution is 0.502. The summed E-state index contributed by atoms with van der Waals surface area (Å²) in [4.78, 5) is 0. The van der Waals surface area contributed by atoms with Crippen molar-refractivity contribution in [1.82, 2.24) is 0 Å². The van der Waals surface area contributed by atoms with Gasteiger partial charge in [0.25, 0.3) is 0 Å². The first-order valence-electron chi connectivity index (χ1n) is 6.12. The third-order valence-electron chi connectivity index (χ3n) is 3.10. The number of nitrogens with two attached hydrogens (primary N) is 1. The van der Waals surface area contributed by atoms with E-state index in [9.17, 15) is 17.6 Å². The fourth-order valence-electron chi connectivity index (χ4n) is 1.93. The minimum absolute atomic E-state index is 0. The molecule has 1 nitrogen and oxygen atoms in total. The Morgan fingerprint density at radius 1 is 0.810 bits per heavy atom. The summed E-state index contributed by atoms with van der Waals surface area (Å²) in [6, 6.07) is 6.59. The molecule has 0 aliphatic carbocycles. The van der Waals surface area contributed by atoms with Crippen LogP contribution in [0.3, 0.4) is 0 Å². The molecule has 0 aliphatic rings. The van der Waals surface area contributed by atoms with Crippen LogP contribution in [0.5, 0.6) is 0 Å². The summed E-state index contributed by atoms with van der Waals surface area (Å²) in [5, 5.41) is 0. The first-order chi connectivity index (χ1) is 9.47. The van der Waals surface area contributed by atoms with E-state index in [1.807, 2.05) is 0 Å². The standard InChI is InChI=1S/C15H13F4N.ClH/c16-11-4-1-9(7-13(11)18)2-6-15(20)10-3-5-12(17)14(19)8-10;/h1,3-5,7-8,15H,2,6,20H2;1H. The van der Waals surface area contributed by atoms with E-state index in [0.717, 1.165) is 24.3 Å². The van der Waals surface area contributed by atoms with Crippen molar-refractivity contribution in [3.63, 3.8) is 0 Å². The van der Waals surface area contributed by atoms with Gasteiger partial charge in [-0.3, -0.25) is 0 Å². The van der Waals surface area contributed by atoms with Crippen molar-refractivity contribution >= 4 is 12.4 Å². The molecular formula is C15H14ClF4N. The van der Waals surface area contributed by atoms with Gasteiger partial charge in [-0.25, -0.2) is 17.6 Å².